The highest BCUT2D eigenvalue weighted by Crippen LogP contribution is 2.08. The van der Waals surface area contributed by atoms with Gasteiger partial charge < -0.3 is 10.6 Å². The largest absolute Gasteiger partial charge is 0.360 e. The molecule has 1 aromatic carbocycles. The van der Waals surface area contributed by atoms with Crippen LogP contribution >= 0.6 is 12.2 Å². The molecule has 1 rings (SSSR count). The molecule has 1 aromatic rings. The molecule has 15 heavy (non-hydrogen) atoms. The van der Waals surface area contributed by atoms with Crippen LogP contribution in [0.3, 0.4) is 0 Å². The number of hydrogen-bond donors (Lipinski definition) is 2. The Morgan fingerprint density at radius 3 is 2.47 bits per heavy atom. The molecule has 0 radical (unpaired) electrons. The van der Waals surface area contributed by atoms with Crippen molar-refractivity contribution in [3.63, 3.8) is 0 Å². The molecule has 0 aromatic heterocycles. The van der Waals surface area contributed by atoms with Crippen LogP contribution in [-0.2, 0) is 0 Å². The summed E-state index contributed by atoms with van der Waals surface area (Å²) in [6.45, 7) is 6.31. The smallest absolute Gasteiger partial charge is 0.170 e. The summed E-state index contributed by atoms with van der Waals surface area (Å²) in [5, 5.41) is 7.06. The van der Waals surface area contributed by atoms with E-state index in [4.69, 9.17) is 12.2 Å². The van der Waals surface area contributed by atoms with Crippen LogP contribution in [0.15, 0.2) is 24.3 Å². The van der Waals surface area contributed by atoms with Crippen molar-refractivity contribution in [3.8, 4) is 0 Å². The Morgan fingerprint density at radius 1 is 1.33 bits per heavy atom. The van der Waals surface area contributed by atoms with E-state index >= 15 is 0 Å². The lowest BCUT2D eigenvalue weighted by Crippen LogP contribution is -2.35. The van der Waals surface area contributed by atoms with Gasteiger partial charge in [-0.3, -0.25) is 0 Å². The molecule has 0 heterocycles. The predicted molar refractivity (Wildman–Crippen MR) is 70.3 cm³/mol. The topological polar surface area (TPSA) is 24.1 Å². The van der Waals surface area contributed by atoms with E-state index in [0.29, 0.717) is 11.2 Å². The molecule has 0 unspecified atom stereocenters. The molecule has 0 amide bonds. The second-order valence-electron chi connectivity index (χ2n) is 3.77. The molecule has 0 bridgehead atoms. The van der Waals surface area contributed by atoms with Crippen LogP contribution in [0, 0.1) is 6.92 Å². The van der Waals surface area contributed by atoms with E-state index in [1.165, 1.54) is 5.56 Å². The quantitative estimate of drug-likeness (QED) is 0.769. The van der Waals surface area contributed by atoms with Crippen LogP contribution in [0.25, 0.3) is 0 Å². The SMILES string of the molecule is CC[C@@H](C)NC(=S)Nc1ccc(C)cc1. The molecule has 1 atom stereocenters. The van der Waals surface area contributed by atoms with Crippen molar-refractivity contribution in [1.82, 2.24) is 5.32 Å². The van der Waals surface area contributed by atoms with E-state index in [2.05, 4.69) is 43.5 Å². The van der Waals surface area contributed by atoms with Crippen LogP contribution in [0.1, 0.15) is 25.8 Å². The maximum Gasteiger partial charge on any atom is 0.170 e. The van der Waals surface area contributed by atoms with Crippen molar-refractivity contribution < 1.29 is 0 Å². The first-order valence-electron chi connectivity index (χ1n) is 5.26. The van der Waals surface area contributed by atoms with Crippen molar-refractivity contribution in [2.75, 3.05) is 5.32 Å². The first-order valence-corrected chi connectivity index (χ1v) is 5.67. The highest BCUT2D eigenvalue weighted by Gasteiger charge is 2.01. The summed E-state index contributed by atoms with van der Waals surface area (Å²) in [5.41, 5.74) is 2.28. The van der Waals surface area contributed by atoms with Crippen molar-refractivity contribution in [1.29, 1.82) is 0 Å². The molecule has 0 fully saturated rings. The number of benzene rings is 1. The molecule has 2 nitrogen and oxygen atoms in total. The summed E-state index contributed by atoms with van der Waals surface area (Å²) in [5.74, 6) is 0. The highest BCUT2D eigenvalue weighted by atomic mass is 32.1. The van der Waals surface area contributed by atoms with Crippen LogP contribution in [0.4, 0.5) is 5.69 Å². The lowest BCUT2D eigenvalue weighted by Gasteiger charge is -2.15. The van der Waals surface area contributed by atoms with Gasteiger partial charge in [0.05, 0.1) is 0 Å². The number of aryl methyl sites for hydroxylation is 1. The van der Waals surface area contributed by atoms with Gasteiger partial charge in [0.25, 0.3) is 0 Å². The fourth-order valence-electron chi connectivity index (χ4n) is 1.13. The normalized spacial score (nSPS) is 11.9. The van der Waals surface area contributed by atoms with Gasteiger partial charge in [-0.25, -0.2) is 0 Å². The second kappa shape index (κ2) is 5.71. The summed E-state index contributed by atoms with van der Waals surface area (Å²) in [4.78, 5) is 0. The van der Waals surface area contributed by atoms with E-state index in [1.807, 2.05) is 12.1 Å². The molecule has 82 valence electrons. The Labute approximate surface area is 97.1 Å². The number of thiocarbonyl (C=S) groups is 1. The third-order valence-corrected chi connectivity index (χ3v) is 2.52. The Kier molecular flexibility index (Phi) is 4.56. The van der Waals surface area contributed by atoms with Gasteiger partial charge in [0, 0.05) is 11.7 Å². The van der Waals surface area contributed by atoms with Gasteiger partial charge in [0.2, 0.25) is 0 Å². The van der Waals surface area contributed by atoms with Gasteiger partial charge in [-0.15, -0.1) is 0 Å². The van der Waals surface area contributed by atoms with E-state index < -0.39 is 0 Å². The van der Waals surface area contributed by atoms with Crippen LogP contribution in [0.5, 0.6) is 0 Å². The molecule has 0 spiro atoms. The maximum atomic E-state index is 5.19. The lowest BCUT2D eigenvalue weighted by molar-refractivity contribution is 0.646. The minimum Gasteiger partial charge on any atom is -0.360 e. The number of hydrogen-bond acceptors (Lipinski definition) is 1. The Hall–Kier alpha value is -1.09. The van der Waals surface area contributed by atoms with Crippen molar-refractivity contribution >= 4 is 23.0 Å². The van der Waals surface area contributed by atoms with Gasteiger partial charge >= 0.3 is 0 Å². The third-order valence-electron chi connectivity index (χ3n) is 2.30. The fourth-order valence-corrected chi connectivity index (χ4v) is 1.45. The molecule has 2 N–H and O–H groups in total. The Balaban J connectivity index is 2.48. The maximum absolute atomic E-state index is 5.19. The zero-order valence-corrected chi connectivity index (χ0v) is 10.3. The monoisotopic (exact) mass is 222 g/mol. The molecule has 3 heteroatoms. The zero-order valence-electron chi connectivity index (χ0n) is 9.50. The van der Waals surface area contributed by atoms with Gasteiger partial charge in [-0.1, -0.05) is 24.6 Å². The van der Waals surface area contributed by atoms with E-state index in [0.717, 1.165) is 12.1 Å². The van der Waals surface area contributed by atoms with Crippen molar-refractivity contribution in [2.45, 2.75) is 33.2 Å². The second-order valence-corrected chi connectivity index (χ2v) is 4.18. The molecular formula is C12H18N2S. The van der Waals surface area contributed by atoms with Gasteiger partial charge in [0.15, 0.2) is 5.11 Å². The number of nitrogens with one attached hydrogen (secondary N) is 2. The summed E-state index contributed by atoms with van der Waals surface area (Å²) in [6.07, 6.45) is 1.07. The average Bonchev–Trinajstić information content (AvgIpc) is 2.21. The minimum absolute atomic E-state index is 0.412. The van der Waals surface area contributed by atoms with E-state index in [9.17, 15) is 0 Å². The molecule has 0 aliphatic rings. The third kappa shape index (κ3) is 4.30. The first-order chi connectivity index (χ1) is 7.11. The molecule has 0 aliphatic heterocycles. The van der Waals surface area contributed by atoms with Gasteiger partial charge in [-0.2, -0.15) is 0 Å². The number of rotatable bonds is 3. The standard InChI is InChI=1S/C12H18N2S/c1-4-10(3)13-12(15)14-11-7-5-9(2)6-8-11/h5-8,10H,4H2,1-3H3,(H2,13,14,15)/t10-/m1/s1. The molecular weight excluding hydrogens is 204 g/mol. The average molecular weight is 222 g/mol. The van der Waals surface area contributed by atoms with Crippen molar-refractivity contribution in [3.05, 3.63) is 29.8 Å². The summed E-state index contributed by atoms with van der Waals surface area (Å²) < 4.78 is 0. The Bertz CT molecular complexity index is 319. The minimum atomic E-state index is 0.412. The van der Waals surface area contributed by atoms with E-state index in [-0.39, 0.29) is 0 Å². The Morgan fingerprint density at radius 2 is 1.93 bits per heavy atom. The predicted octanol–water partition coefficient (Wildman–Crippen LogP) is 3.08. The first kappa shape index (κ1) is 12.0. The molecule has 0 saturated carbocycles. The fraction of sp³-hybridized carbons (Fsp3) is 0.417. The van der Waals surface area contributed by atoms with Crippen molar-refractivity contribution in [2.24, 2.45) is 0 Å². The molecule has 0 aliphatic carbocycles. The summed E-state index contributed by atoms with van der Waals surface area (Å²) >= 11 is 5.19. The van der Waals surface area contributed by atoms with Crippen LogP contribution < -0.4 is 10.6 Å². The summed E-state index contributed by atoms with van der Waals surface area (Å²) in [7, 11) is 0. The van der Waals surface area contributed by atoms with Crippen LogP contribution in [-0.4, -0.2) is 11.2 Å². The van der Waals surface area contributed by atoms with Crippen LogP contribution in [0.2, 0.25) is 0 Å². The number of anilines is 1. The van der Waals surface area contributed by atoms with E-state index in [1.54, 1.807) is 0 Å². The highest BCUT2D eigenvalue weighted by molar-refractivity contribution is 7.80. The lowest BCUT2D eigenvalue weighted by atomic mass is 10.2. The molecule has 0 saturated heterocycles. The zero-order chi connectivity index (χ0) is 11.3. The van der Waals surface area contributed by atoms with Gasteiger partial charge in [0.1, 0.15) is 0 Å². The summed E-state index contributed by atoms with van der Waals surface area (Å²) in [6, 6.07) is 8.60. The van der Waals surface area contributed by atoms with Gasteiger partial charge in [-0.05, 0) is 44.6 Å².